The van der Waals surface area contributed by atoms with Crippen LogP contribution in [-0.2, 0) is 4.79 Å². The minimum Gasteiger partial charge on any atom is -0.372 e. The number of rotatable bonds is 8. The number of nitrogens with one attached hydrogen (secondary N) is 1. The number of hydrogen-bond acceptors (Lipinski definition) is 5. The molecule has 0 unspecified atom stereocenters. The number of carbonyl (C=O) groups is 1. The molecule has 184 valence electrons. The minimum atomic E-state index is 0.0578. The summed E-state index contributed by atoms with van der Waals surface area (Å²) in [5.74, 6) is 6.43. The van der Waals surface area contributed by atoms with Crippen molar-refractivity contribution in [2.45, 2.75) is 46.0 Å². The molecule has 35 heavy (non-hydrogen) atoms. The summed E-state index contributed by atoms with van der Waals surface area (Å²) in [5.41, 5.74) is 9.59. The fourth-order valence-electron chi connectivity index (χ4n) is 4.85. The fourth-order valence-corrected chi connectivity index (χ4v) is 4.85. The minimum absolute atomic E-state index is 0.0578. The molecule has 1 fully saturated rings. The first-order valence-corrected chi connectivity index (χ1v) is 12.8. The van der Waals surface area contributed by atoms with E-state index in [1.54, 1.807) is 0 Å². The van der Waals surface area contributed by atoms with Crippen molar-refractivity contribution in [3.63, 3.8) is 0 Å². The number of fused-ring (bicyclic) bond motifs is 1. The summed E-state index contributed by atoms with van der Waals surface area (Å²) in [7, 11) is 0. The Bertz CT molecular complexity index is 1120. The lowest BCUT2D eigenvalue weighted by atomic mass is 9.99. The van der Waals surface area contributed by atoms with Crippen LogP contribution in [-0.4, -0.2) is 47.7 Å². The van der Waals surface area contributed by atoms with E-state index in [0.29, 0.717) is 17.8 Å². The summed E-state index contributed by atoms with van der Waals surface area (Å²) in [5, 5.41) is 0. The highest BCUT2D eigenvalue weighted by molar-refractivity contribution is 6.06. The average molecular weight is 472 g/mol. The number of carbonyl (C=O) groups excluding carboxylic acids is 1. The Morgan fingerprint density at radius 2 is 1.71 bits per heavy atom. The molecule has 1 amide bonds. The van der Waals surface area contributed by atoms with Crippen molar-refractivity contribution in [3.8, 4) is 11.1 Å². The van der Waals surface area contributed by atoms with Gasteiger partial charge in [-0.15, -0.1) is 0 Å². The maximum atomic E-state index is 13.3. The quantitative estimate of drug-likeness (QED) is 0.402. The van der Waals surface area contributed by atoms with Crippen LogP contribution < -0.4 is 11.3 Å². The van der Waals surface area contributed by atoms with E-state index >= 15 is 0 Å². The van der Waals surface area contributed by atoms with Gasteiger partial charge in [0.15, 0.2) is 0 Å². The second-order valence-corrected chi connectivity index (χ2v) is 9.33. The van der Waals surface area contributed by atoms with E-state index < -0.39 is 0 Å². The summed E-state index contributed by atoms with van der Waals surface area (Å²) in [6, 6.07) is 14.8. The number of nitrogens with zero attached hydrogens (tertiary/aromatic N) is 3. The van der Waals surface area contributed by atoms with Crippen molar-refractivity contribution in [1.29, 1.82) is 0 Å². The fraction of sp³-hybridized carbons (Fsp3) is 0.379. The molecule has 2 aliphatic rings. The molecule has 0 bridgehead atoms. The van der Waals surface area contributed by atoms with Gasteiger partial charge in [0.2, 0.25) is 5.91 Å². The van der Waals surface area contributed by atoms with Crippen LogP contribution in [0.25, 0.3) is 22.9 Å². The summed E-state index contributed by atoms with van der Waals surface area (Å²) < 4.78 is 0. The Morgan fingerprint density at radius 3 is 2.34 bits per heavy atom. The largest absolute Gasteiger partial charge is 0.372 e. The molecule has 0 aromatic heterocycles. The molecule has 0 spiro atoms. The van der Waals surface area contributed by atoms with Crippen LogP contribution in [0.2, 0.25) is 0 Å². The third kappa shape index (κ3) is 5.65. The zero-order valence-corrected chi connectivity index (χ0v) is 21.0. The van der Waals surface area contributed by atoms with Gasteiger partial charge in [-0.1, -0.05) is 56.8 Å². The van der Waals surface area contributed by atoms with E-state index in [4.69, 9.17) is 10.8 Å². The molecule has 2 aromatic rings. The third-order valence-electron chi connectivity index (χ3n) is 6.73. The summed E-state index contributed by atoms with van der Waals surface area (Å²) in [4.78, 5) is 22.3. The number of benzene rings is 2. The van der Waals surface area contributed by atoms with E-state index in [2.05, 4.69) is 67.2 Å². The van der Waals surface area contributed by atoms with Crippen LogP contribution >= 0.6 is 0 Å². The topological polar surface area (TPSA) is 74.0 Å². The number of amides is 1. The van der Waals surface area contributed by atoms with Gasteiger partial charge >= 0.3 is 0 Å². The van der Waals surface area contributed by atoms with Gasteiger partial charge in [-0.25, -0.2) is 10.8 Å². The lowest BCUT2D eigenvalue weighted by Gasteiger charge is -2.23. The standard InChI is InChI=1S/C29H37N5O/c1-4-14-34(15-5-2)29(35)26-18-25-13-12-24(19-27(25)31-28(20-26)32-30)23-10-8-22(9-11-23)21(3)33-16-6-7-17-33/h8-13,18-19H,3-7,14-17,20,30H2,1-2H3,(H,31,32). The monoisotopic (exact) mass is 471 g/mol. The van der Waals surface area contributed by atoms with Crippen LogP contribution in [0.5, 0.6) is 0 Å². The number of amidine groups is 1. The van der Waals surface area contributed by atoms with Crippen LogP contribution in [0.3, 0.4) is 0 Å². The van der Waals surface area contributed by atoms with Gasteiger partial charge in [-0.05, 0) is 54.5 Å². The van der Waals surface area contributed by atoms with Gasteiger partial charge in [-0.3, -0.25) is 4.79 Å². The van der Waals surface area contributed by atoms with Gasteiger partial charge in [0.05, 0.1) is 5.69 Å². The average Bonchev–Trinajstić information content (AvgIpc) is 3.36. The Morgan fingerprint density at radius 1 is 1.06 bits per heavy atom. The molecule has 2 aromatic carbocycles. The molecule has 3 N–H and O–H groups in total. The maximum Gasteiger partial charge on any atom is 0.250 e. The van der Waals surface area contributed by atoms with Crippen LogP contribution in [0.4, 0.5) is 5.69 Å². The van der Waals surface area contributed by atoms with Crippen molar-refractivity contribution in [2.75, 3.05) is 26.2 Å². The molecule has 0 radical (unpaired) electrons. The number of likely N-dealkylation sites (tertiary alicyclic amines) is 1. The van der Waals surface area contributed by atoms with Gasteiger partial charge in [0.1, 0.15) is 5.84 Å². The SMILES string of the molecule is C=C(c1ccc(-c2ccc3c(c2)N=C(NN)CC(C(=O)N(CCC)CCC)=C3)cc1)N1CCCC1. The smallest absolute Gasteiger partial charge is 0.250 e. The van der Waals surface area contributed by atoms with Gasteiger partial charge in [-0.2, -0.15) is 0 Å². The molecule has 1 saturated heterocycles. The molecular weight excluding hydrogens is 434 g/mol. The van der Waals surface area contributed by atoms with E-state index in [1.807, 2.05) is 17.0 Å². The first-order chi connectivity index (χ1) is 17.0. The zero-order valence-electron chi connectivity index (χ0n) is 21.0. The van der Waals surface area contributed by atoms with Crippen molar-refractivity contribution in [1.82, 2.24) is 15.2 Å². The Balaban J connectivity index is 1.61. The number of nitrogens with two attached hydrogens (primary N) is 1. The summed E-state index contributed by atoms with van der Waals surface area (Å²) in [6.07, 6.45) is 6.69. The number of hydrogen-bond donors (Lipinski definition) is 2. The first-order valence-electron chi connectivity index (χ1n) is 12.8. The molecule has 6 heteroatoms. The molecular formula is C29H37N5O. The van der Waals surface area contributed by atoms with Crippen molar-refractivity contribution in [2.24, 2.45) is 10.8 Å². The molecule has 0 aliphatic carbocycles. The summed E-state index contributed by atoms with van der Waals surface area (Å²) in [6.45, 7) is 12.2. The zero-order chi connectivity index (χ0) is 24.8. The first kappa shape index (κ1) is 24.7. The van der Waals surface area contributed by atoms with E-state index in [1.165, 1.54) is 12.8 Å². The second kappa shape index (κ2) is 11.4. The number of hydrazine groups is 1. The molecule has 4 rings (SSSR count). The highest BCUT2D eigenvalue weighted by atomic mass is 16.2. The van der Waals surface area contributed by atoms with Crippen molar-refractivity contribution < 1.29 is 4.79 Å². The second-order valence-electron chi connectivity index (χ2n) is 9.33. The van der Waals surface area contributed by atoms with Crippen LogP contribution in [0.1, 0.15) is 57.1 Å². The van der Waals surface area contributed by atoms with E-state index in [-0.39, 0.29) is 5.91 Å². The molecule has 2 aliphatic heterocycles. The molecule has 0 saturated carbocycles. The molecule has 0 atom stereocenters. The maximum absolute atomic E-state index is 13.3. The normalized spacial score (nSPS) is 15.1. The van der Waals surface area contributed by atoms with E-state index in [0.717, 1.165) is 72.7 Å². The van der Waals surface area contributed by atoms with Crippen molar-refractivity contribution in [3.05, 3.63) is 65.7 Å². The Hall–Kier alpha value is -3.38. The van der Waals surface area contributed by atoms with Gasteiger partial charge in [0, 0.05) is 49.4 Å². The predicted octanol–water partition coefficient (Wildman–Crippen LogP) is 5.35. The highest BCUT2D eigenvalue weighted by Crippen LogP contribution is 2.33. The van der Waals surface area contributed by atoms with Crippen LogP contribution in [0, 0.1) is 0 Å². The summed E-state index contributed by atoms with van der Waals surface area (Å²) >= 11 is 0. The van der Waals surface area contributed by atoms with Crippen LogP contribution in [0.15, 0.2) is 59.6 Å². The molecule has 6 nitrogen and oxygen atoms in total. The highest BCUT2D eigenvalue weighted by Gasteiger charge is 2.22. The Labute approximate surface area is 209 Å². The molecule has 2 heterocycles. The van der Waals surface area contributed by atoms with E-state index in [9.17, 15) is 4.79 Å². The third-order valence-corrected chi connectivity index (χ3v) is 6.73. The lowest BCUT2D eigenvalue weighted by molar-refractivity contribution is -0.127. The van der Waals surface area contributed by atoms with Crippen molar-refractivity contribution >= 4 is 29.2 Å². The Kier molecular flexibility index (Phi) is 8.03. The lowest BCUT2D eigenvalue weighted by Crippen LogP contribution is -2.36. The predicted molar refractivity (Wildman–Crippen MR) is 146 cm³/mol. The number of aliphatic imine (C=N–C) groups is 1. The van der Waals surface area contributed by atoms with Gasteiger partial charge < -0.3 is 15.2 Å². The van der Waals surface area contributed by atoms with Gasteiger partial charge in [0.25, 0.3) is 0 Å².